The fourth-order valence-corrected chi connectivity index (χ4v) is 4.96. The Kier molecular flexibility index (Phi) is 7.99. The Morgan fingerprint density at radius 2 is 1.93 bits per heavy atom. The SMILES string of the molecule is CN(CC1CCN(Cc2ccccc2)C1)C(=O)C1CC12CCNCC2.Cl.Cl. The van der Waals surface area contributed by atoms with E-state index in [1.54, 1.807) is 0 Å². The van der Waals surface area contributed by atoms with Crippen molar-refractivity contribution in [3.63, 3.8) is 0 Å². The molecule has 2 atom stereocenters. The normalized spacial score (nSPS) is 26.1. The third-order valence-corrected chi connectivity index (χ3v) is 6.61. The third-order valence-electron chi connectivity index (χ3n) is 6.61. The molecular formula is C21H33Cl2N3O. The quantitative estimate of drug-likeness (QED) is 0.804. The molecule has 1 N–H and O–H groups in total. The number of nitrogens with one attached hydrogen (secondary N) is 1. The second-order valence-corrected chi connectivity index (χ2v) is 8.46. The van der Waals surface area contributed by atoms with E-state index in [0.29, 0.717) is 23.2 Å². The topological polar surface area (TPSA) is 35.6 Å². The van der Waals surface area contributed by atoms with Gasteiger partial charge in [-0.1, -0.05) is 30.3 Å². The number of amides is 1. The van der Waals surface area contributed by atoms with Crippen molar-refractivity contribution < 1.29 is 4.79 Å². The number of hydrogen-bond donors (Lipinski definition) is 1. The molecule has 6 heteroatoms. The lowest BCUT2D eigenvalue weighted by Gasteiger charge is -2.26. The monoisotopic (exact) mass is 413 g/mol. The van der Waals surface area contributed by atoms with Crippen LogP contribution in [-0.2, 0) is 11.3 Å². The number of benzene rings is 1. The van der Waals surface area contributed by atoms with Crippen LogP contribution in [0.4, 0.5) is 0 Å². The van der Waals surface area contributed by atoms with Crippen LogP contribution in [0.2, 0.25) is 0 Å². The summed E-state index contributed by atoms with van der Waals surface area (Å²) in [5.74, 6) is 1.34. The summed E-state index contributed by atoms with van der Waals surface area (Å²) in [6.45, 7) is 6.41. The van der Waals surface area contributed by atoms with Gasteiger partial charge in [0.2, 0.25) is 5.91 Å². The first-order valence-corrected chi connectivity index (χ1v) is 9.88. The average Bonchev–Trinajstić information content (AvgIpc) is 3.13. The summed E-state index contributed by atoms with van der Waals surface area (Å²) < 4.78 is 0. The highest BCUT2D eigenvalue weighted by molar-refractivity contribution is 5.85. The van der Waals surface area contributed by atoms with Gasteiger partial charge in [-0.25, -0.2) is 0 Å². The van der Waals surface area contributed by atoms with Gasteiger partial charge in [0, 0.05) is 32.6 Å². The fourth-order valence-electron chi connectivity index (χ4n) is 4.96. The van der Waals surface area contributed by atoms with E-state index in [4.69, 9.17) is 0 Å². The van der Waals surface area contributed by atoms with Crippen molar-refractivity contribution >= 4 is 30.7 Å². The maximum absolute atomic E-state index is 12.8. The molecule has 1 saturated carbocycles. The summed E-state index contributed by atoms with van der Waals surface area (Å²) in [5, 5.41) is 3.42. The highest BCUT2D eigenvalue weighted by Crippen LogP contribution is 2.59. The van der Waals surface area contributed by atoms with E-state index >= 15 is 0 Å². The maximum atomic E-state index is 12.8. The largest absolute Gasteiger partial charge is 0.345 e. The number of piperidine rings is 1. The predicted octanol–water partition coefficient (Wildman–Crippen LogP) is 3.20. The number of halogens is 2. The van der Waals surface area contributed by atoms with E-state index < -0.39 is 0 Å². The van der Waals surface area contributed by atoms with Gasteiger partial charge in [0.15, 0.2) is 0 Å². The molecule has 1 aromatic rings. The van der Waals surface area contributed by atoms with Crippen LogP contribution in [0.5, 0.6) is 0 Å². The molecule has 152 valence electrons. The Morgan fingerprint density at radius 3 is 2.63 bits per heavy atom. The van der Waals surface area contributed by atoms with Crippen molar-refractivity contribution in [3.05, 3.63) is 35.9 Å². The van der Waals surface area contributed by atoms with E-state index in [0.717, 1.165) is 45.7 Å². The molecule has 2 aliphatic heterocycles. The molecule has 0 bridgehead atoms. The molecule has 3 fully saturated rings. The van der Waals surface area contributed by atoms with Crippen LogP contribution in [0.1, 0.15) is 31.2 Å². The highest BCUT2D eigenvalue weighted by Gasteiger charge is 2.58. The molecule has 2 saturated heterocycles. The first kappa shape index (κ1) is 22.5. The molecule has 4 nitrogen and oxygen atoms in total. The summed E-state index contributed by atoms with van der Waals surface area (Å²) in [7, 11) is 2.02. The zero-order valence-corrected chi connectivity index (χ0v) is 17.9. The van der Waals surface area contributed by atoms with Gasteiger partial charge in [0.05, 0.1) is 0 Å². The van der Waals surface area contributed by atoms with Crippen LogP contribution in [0.15, 0.2) is 30.3 Å². The average molecular weight is 414 g/mol. The van der Waals surface area contributed by atoms with E-state index in [1.165, 1.54) is 24.8 Å². The van der Waals surface area contributed by atoms with Gasteiger partial charge in [-0.05, 0) is 62.2 Å². The molecular weight excluding hydrogens is 381 g/mol. The molecule has 1 spiro atoms. The van der Waals surface area contributed by atoms with Gasteiger partial charge in [-0.3, -0.25) is 9.69 Å². The molecule has 0 radical (unpaired) electrons. The van der Waals surface area contributed by atoms with Crippen molar-refractivity contribution in [2.24, 2.45) is 17.3 Å². The van der Waals surface area contributed by atoms with Gasteiger partial charge >= 0.3 is 0 Å². The van der Waals surface area contributed by atoms with Crippen LogP contribution in [0.3, 0.4) is 0 Å². The lowest BCUT2D eigenvalue weighted by molar-refractivity contribution is -0.132. The fraction of sp³-hybridized carbons (Fsp3) is 0.667. The van der Waals surface area contributed by atoms with E-state index in [1.807, 2.05) is 11.9 Å². The number of nitrogens with zero attached hydrogens (tertiary/aromatic N) is 2. The highest BCUT2D eigenvalue weighted by atomic mass is 35.5. The van der Waals surface area contributed by atoms with Crippen LogP contribution in [-0.4, -0.2) is 55.5 Å². The summed E-state index contributed by atoms with van der Waals surface area (Å²) in [5.41, 5.74) is 1.74. The summed E-state index contributed by atoms with van der Waals surface area (Å²) in [6, 6.07) is 10.7. The molecule has 3 aliphatic rings. The number of carbonyl (C=O) groups is 1. The summed E-state index contributed by atoms with van der Waals surface area (Å²) in [6.07, 6.45) is 4.71. The van der Waals surface area contributed by atoms with Crippen LogP contribution < -0.4 is 5.32 Å². The minimum atomic E-state index is 0. The number of rotatable bonds is 5. The lowest BCUT2D eigenvalue weighted by atomic mass is 9.91. The lowest BCUT2D eigenvalue weighted by Crippen LogP contribution is -2.37. The molecule has 1 aromatic carbocycles. The van der Waals surface area contributed by atoms with Crippen molar-refractivity contribution in [2.75, 3.05) is 39.8 Å². The van der Waals surface area contributed by atoms with Gasteiger partial charge in [0.1, 0.15) is 0 Å². The van der Waals surface area contributed by atoms with Crippen molar-refractivity contribution in [3.8, 4) is 0 Å². The summed E-state index contributed by atoms with van der Waals surface area (Å²) >= 11 is 0. The van der Waals surface area contributed by atoms with Gasteiger partial charge in [-0.15, -0.1) is 24.8 Å². The molecule has 27 heavy (non-hydrogen) atoms. The van der Waals surface area contributed by atoms with E-state index in [9.17, 15) is 4.79 Å². The second-order valence-electron chi connectivity index (χ2n) is 8.46. The van der Waals surface area contributed by atoms with Crippen LogP contribution in [0, 0.1) is 17.3 Å². The molecule has 0 aromatic heterocycles. The van der Waals surface area contributed by atoms with E-state index in [2.05, 4.69) is 40.5 Å². The second kappa shape index (κ2) is 9.60. The minimum absolute atomic E-state index is 0. The zero-order chi connectivity index (χ0) is 17.3. The van der Waals surface area contributed by atoms with E-state index in [-0.39, 0.29) is 24.8 Å². The third kappa shape index (κ3) is 5.17. The van der Waals surface area contributed by atoms with Crippen molar-refractivity contribution in [1.29, 1.82) is 0 Å². The Bertz CT molecular complexity index is 607. The Morgan fingerprint density at radius 1 is 1.22 bits per heavy atom. The van der Waals surface area contributed by atoms with Crippen molar-refractivity contribution in [1.82, 2.24) is 15.1 Å². The smallest absolute Gasteiger partial charge is 0.226 e. The summed E-state index contributed by atoms with van der Waals surface area (Å²) in [4.78, 5) is 17.4. The minimum Gasteiger partial charge on any atom is -0.345 e. The van der Waals surface area contributed by atoms with Gasteiger partial charge in [0.25, 0.3) is 0 Å². The van der Waals surface area contributed by atoms with Gasteiger partial charge in [-0.2, -0.15) is 0 Å². The Balaban J connectivity index is 0.00000131. The van der Waals surface area contributed by atoms with Gasteiger partial charge < -0.3 is 10.2 Å². The number of carbonyl (C=O) groups excluding carboxylic acids is 1. The first-order chi connectivity index (χ1) is 12.2. The van der Waals surface area contributed by atoms with Crippen LogP contribution in [0.25, 0.3) is 0 Å². The molecule has 1 aliphatic carbocycles. The standard InChI is InChI=1S/C21H31N3O.2ClH/c1-23(20(25)19-13-21(19)8-10-22-11-9-21)14-18-7-12-24(16-18)15-17-5-3-2-4-6-17;;/h2-6,18-19,22H,7-16H2,1H3;2*1H. The Labute approximate surface area is 175 Å². The number of hydrogen-bond acceptors (Lipinski definition) is 3. The van der Waals surface area contributed by atoms with Crippen molar-refractivity contribution in [2.45, 2.75) is 32.2 Å². The first-order valence-electron chi connectivity index (χ1n) is 9.88. The molecule has 4 rings (SSSR count). The number of likely N-dealkylation sites (tertiary alicyclic amines) is 1. The van der Waals surface area contributed by atoms with Crippen LogP contribution >= 0.6 is 24.8 Å². The zero-order valence-electron chi connectivity index (χ0n) is 16.2. The molecule has 2 unspecified atom stereocenters. The Hall–Kier alpha value is -0.810. The molecule has 2 heterocycles. The predicted molar refractivity (Wildman–Crippen MR) is 115 cm³/mol. The maximum Gasteiger partial charge on any atom is 0.226 e. The molecule has 1 amide bonds.